The molecule has 1 fully saturated rings. The summed E-state index contributed by atoms with van der Waals surface area (Å²) in [6.45, 7) is 5.93. The maximum Gasteiger partial charge on any atom is 0.257 e. The minimum absolute atomic E-state index is 0.0158. The zero-order valence-corrected chi connectivity index (χ0v) is 12.4. The molecule has 2 aromatic rings. The number of likely N-dealkylation sites (tertiary alicyclic amines) is 1. The molecule has 1 amide bonds. The Hall–Kier alpha value is -2.23. The third-order valence-corrected chi connectivity index (χ3v) is 4.24. The van der Waals surface area contributed by atoms with Crippen LogP contribution in [0.3, 0.4) is 0 Å². The molecule has 1 aliphatic rings. The van der Waals surface area contributed by atoms with Gasteiger partial charge in [0, 0.05) is 31.4 Å². The summed E-state index contributed by atoms with van der Waals surface area (Å²) >= 11 is 0. The largest absolute Gasteiger partial charge is 0.337 e. The van der Waals surface area contributed by atoms with Gasteiger partial charge in [0.2, 0.25) is 0 Å². The lowest BCUT2D eigenvalue weighted by atomic mass is 9.78. The zero-order chi connectivity index (χ0) is 14.9. The summed E-state index contributed by atoms with van der Waals surface area (Å²) in [5.74, 6) is 0.370. The molecule has 4 nitrogen and oxygen atoms in total. The summed E-state index contributed by atoms with van der Waals surface area (Å²) in [4.78, 5) is 22.3. The van der Waals surface area contributed by atoms with Crippen molar-refractivity contribution < 1.29 is 4.79 Å². The maximum absolute atomic E-state index is 12.6. The first kappa shape index (κ1) is 13.7. The summed E-state index contributed by atoms with van der Waals surface area (Å²) in [5, 5.41) is 0. The van der Waals surface area contributed by atoms with Crippen LogP contribution in [0.15, 0.2) is 49.1 Å². The average Bonchev–Trinajstić information content (AvgIpc) is 2.84. The minimum Gasteiger partial charge on any atom is -0.337 e. The van der Waals surface area contributed by atoms with Crippen LogP contribution in [-0.4, -0.2) is 33.9 Å². The standard InChI is InChI=1S/C17H19N3O/c1-17(2)11-20(16(21)14-8-18-12-19-9-14)10-15(17)13-6-4-3-5-7-13/h3-9,12,15H,10-11H2,1-2H3. The average molecular weight is 281 g/mol. The van der Waals surface area contributed by atoms with Gasteiger partial charge < -0.3 is 4.90 Å². The molecule has 0 saturated carbocycles. The molecule has 0 aliphatic carbocycles. The second-order valence-electron chi connectivity index (χ2n) is 6.26. The molecule has 21 heavy (non-hydrogen) atoms. The molecular weight excluding hydrogens is 262 g/mol. The lowest BCUT2D eigenvalue weighted by Crippen LogP contribution is -2.30. The van der Waals surface area contributed by atoms with E-state index < -0.39 is 0 Å². The van der Waals surface area contributed by atoms with Crippen molar-refractivity contribution in [1.82, 2.24) is 14.9 Å². The van der Waals surface area contributed by atoms with Gasteiger partial charge in [0.25, 0.3) is 5.91 Å². The van der Waals surface area contributed by atoms with Gasteiger partial charge in [0.15, 0.2) is 0 Å². The van der Waals surface area contributed by atoms with E-state index in [1.54, 1.807) is 12.4 Å². The molecule has 0 N–H and O–H groups in total. The molecular formula is C17H19N3O. The van der Waals surface area contributed by atoms with Crippen LogP contribution in [0.5, 0.6) is 0 Å². The molecule has 1 aromatic heterocycles. The molecule has 108 valence electrons. The van der Waals surface area contributed by atoms with E-state index in [4.69, 9.17) is 0 Å². The Morgan fingerprint density at radius 2 is 1.86 bits per heavy atom. The zero-order valence-electron chi connectivity index (χ0n) is 12.4. The Morgan fingerprint density at radius 3 is 2.52 bits per heavy atom. The predicted molar refractivity (Wildman–Crippen MR) is 80.9 cm³/mol. The molecule has 4 heteroatoms. The van der Waals surface area contributed by atoms with Crippen LogP contribution in [0, 0.1) is 5.41 Å². The van der Waals surface area contributed by atoms with Crippen molar-refractivity contribution in [2.24, 2.45) is 5.41 Å². The monoisotopic (exact) mass is 281 g/mol. The molecule has 2 heterocycles. The van der Waals surface area contributed by atoms with Crippen molar-refractivity contribution in [3.05, 3.63) is 60.2 Å². The Bertz CT molecular complexity index is 625. The molecule has 1 aromatic carbocycles. The maximum atomic E-state index is 12.6. The Balaban J connectivity index is 1.84. The van der Waals surface area contributed by atoms with Crippen molar-refractivity contribution in [1.29, 1.82) is 0 Å². The highest BCUT2D eigenvalue weighted by atomic mass is 16.2. The number of carbonyl (C=O) groups excluding carboxylic acids is 1. The van der Waals surface area contributed by atoms with Crippen molar-refractivity contribution in [2.45, 2.75) is 19.8 Å². The lowest BCUT2D eigenvalue weighted by Gasteiger charge is -2.25. The van der Waals surface area contributed by atoms with Gasteiger partial charge in [-0.15, -0.1) is 0 Å². The number of hydrogen-bond donors (Lipinski definition) is 0. The molecule has 1 saturated heterocycles. The third kappa shape index (κ3) is 2.66. The second kappa shape index (κ2) is 5.28. The van der Waals surface area contributed by atoms with E-state index in [-0.39, 0.29) is 11.3 Å². The fourth-order valence-electron chi connectivity index (χ4n) is 3.12. The van der Waals surface area contributed by atoms with Gasteiger partial charge in [0.1, 0.15) is 6.33 Å². The normalized spacial score (nSPS) is 20.5. The minimum atomic E-state index is 0.0158. The molecule has 1 unspecified atom stereocenters. The molecule has 0 bridgehead atoms. The van der Waals surface area contributed by atoms with Gasteiger partial charge in [-0.3, -0.25) is 4.79 Å². The van der Waals surface area contributed by atoms with Gasteiger partial charge in [-0.25, -0.2) is 9.97 Å². The highest BCUT2D eigenvalue weighted by Gasteiger charge is 2.42. The summed E-state index contributed by atoms with van der Waals surface area (Å²) in [6.07, 6.45) is 4.60. The van der Waals surface area contributed by atoms with E-state index >= 15 is 0 Å². The Labute approximate surface area is 124 Å². The van der Waals surface area contributed by atoms with Crippen LogP contribution < -0.4 is 0 Å². The quantitative estimate of drug-likeness (QED) is 0.850. The van der Waals surface area contributed by atoms with E-state index in [2.05, 4.69) is 48.1 Å². The Kier molecular flexibility index (Phi) is 3.45. The van der Waals surface area contributed by atoms with Crippen LogP contribution in [0.4, 0.5) is 0 Å². The van der Waals surface area contributed by atoms with Crippen molar-refractivity contribution in [2.75, 3.05) is 13.1 Å². The van der Waals surface area contributed by atoms with Crippen LogP contribution in [0.2, 0.25) is 0 Å². The fourth-order valence-corrected chi connectivity index (χ4v) is 3.12. The number of nitrogens with zero attached hydrogens (tertiary/aromatic N) is 3. The van der Waals surface area contributed by atoms with E-state index in [0.717, 1.165) is 13.1 Å². The number of aromatic nitrogens is 2. The van der Waals surface area contributed by atoms with Gasteiger partial charge >= 0.3 is 0 Å². The van der Waals surface area contributed by atoms with Crippen molar-refractivity contribution in [3.63, 3.8) is 0 Å². The number of hydrogen-bond acceptors (Lipinski definition) is 3. The van der Waals surface area contributed by atoms with Gasteiger partial charge in [0.05, 0.1) is 5.56 Å². The third-order valence-electron chi connectivity index (χ3n) is 4.24. The van der Waals surface area contributed by atoms with Crippen molar-refractivity contribution >= 4 is 5.91 Å². The smallest absolute Gasteiger partial charge is 0.257 e. The molecule has 0 spiro atoms. The summed E-state index contributed by atoms with van der Waals surface area (Å²) in [6, 6.07) is 10.4. The molecule has 1 atom stereocenters. The van der Waals surface area contributed by atoms with E-state index in [0.29, 0.717) is 11.5 Å². The number of benzene rings is 1. The van der Waals surface area contributed by atoms with Crippen LogP contribution in [0.25, 0.3) is 0 Å². The first-order valence-electron chi connectivity index (χ1n) is 7.17. The van der Waals surface area contributed by atoms with E-state index in [9.17, 15) is 4.79 Å². The fraction of sp³-hybridized carbons (Fsp3) is 0.353. The van der Waals surface area contributed by atoms with Crippen molar-refractivity contribution in [3.8, 4) is 0 Å². The molecule has 0 radical (unpaired) electrons. The molecule has 3 rings (SSSR count). The first-order valence-corrected chi connectivity index (χ1v) is 7.17. The van der Waals surface area contributed by atoms with Crippen LogP contribution in [-0.2, 0) is 0 Å². The van der Waals surface area contributed by atoms with Gasteiger partial charge in [-0.05, 0) is 11.0 Å². The summed E-state index contributed by atoms with van der Waals surface area (Å²) in [7, 11) is 0. The molecule has 1 aliphatic heterocycles. The Morgan fingerprint density at radius 1 is 1.19 bits per heavy atom. The highest BCUT2D eigenvalue weighted by Crippen LogP contribution is 2.42. The summed E-state index contributed by atoms with van der Waals surface area (Å²) in [5.41, 5.74) is 1.91. The second-order valence-corrected chi connectivity index (χ2v) is 6.26. The predicted octanol–water partition coefficient (Wildman–Crippen LogP) is 2.74. The highest BCUT2D eigenvalue weighted by molar-refractivity contribution is 5.93. The van der Waals surface area contributed by atoms with Crippen LogP contribution >= 0.6 is 0 Å². The van der Waals surface area contributed by atoms with Gasteiger partial charge in [-0.1, -0.05) is 44.2 Å². The van der Waals surface area contributed by atoms with Crippen LogP contribution in [0.1, 0.15) is 35.7 Å². The number of carbonyl (C=O) groups is 1. The van der Waals surface area contributed by atoms with Gasteiger partial charge in [-0.2, -0.15) is 0 Å². The summed E-state index contributed by atoms with van der Waals surface area (Å²) < 4.78 is 0. The first-order chi connectivity index (χ1) is 10.1. The topological polar surface area (TPSA) is 46.1 Å². The van der Waals surface area contributed by atoms with E-state index in [1.807, 2.05) is 11.0 Å². The number of amides is 1. The lowest BCUT2D eigenvalue weighted by molar-refractivity contribution is 0.0777. The number of rotatable bonds is 2. The SMILES string of the molecule is CC1(C)CN(C(=O)c2cncnc2)CC1c1ccccc1. The van der Waals surface area contributed by atoms with E-state index in [1.165, 1.54) is 11.9 Å².